The van der Waals surface area contributed by atoms with Gasteiger partial charge in [0.15, 0.2) is 11.6 Å². The summed E-state index contributed by atoms with van der Waals surface area (Å²) in [6, 6.07) is 16.0. The molecular formula is C43H48N10O4S2. The van der Waals surface area contributed by atoms with E-state index in [0.717, 1.165) is 44.8 Å². The number of nitrogens with zero attached hydrogens (tertiary/aromatic N) is 7. The monoisotopic (exact) mass is 832 g/mol. The Kier molecular flexibility index (Phi) is 11.8. The second kappa shape index (κ2) is 16.3. The molecule has 0 aliphatic heterocycles. The van der Waals surface area contributed by atoms with E-state index in [9.17, 15) is 18.5 Å². The van der Waals surface area contributed by atoms with Crippen LogP contribution in [0, 0.1) is 59.8 Å². The van der Waals surface area contributed by atoms with Crippen molar-refractivity contribution in [3.63, 3.8) is 0 Å². The molecule has 16 heteroatoms. The van der Waals surface area contributed by atoms with Crippen molar-refractivity contribution in [1.82, 2.24) is 24.5 Å². The predicted octanol–water partition coefficient (Wildman–Crippen LogP) is 9.95. The van der Waals surface area contributed by atoms with E-state index in [1.165, 1.54) is 47.7 Å². The molecule has 0 spiro atoms. The molecule has 1 unspecified atom stereocenters. The molecule has 306 valence electrons. The molecule has 0 saturated carbocycles. The molecular weight excluding hydrogens is 785 g/mol. The maximum absolute atomic E-state index is 13.2. The minimum atomic E-state index is -4.09. The third-order valence-corrected chi connectivity index (χ3v) is 12.2. The van der Waals surface area contributed by atoms with Crippen LogP contribution >= 0.6 is 11.3 Å². The van der Waals surface area contributed by atoms with Crippen LogP contribution in [-0.2, 0) is 25.0 Å². The van der Waals surface area contributed by atoms with Gasteiger partial charge in [-0.3, -0.25) is 4.79 Å². The highest BCUT2D eigenvalue weighted by molar-refractivity contribution is 7.89. The minimum absolute atomic E-state index is 0.0582. The summed E-state index contributed by atoms with van der Waals surface area (Å²) < 4.78 is 35.4. The number of hydrogen-bond acceptors (Lipinski definition) is 13. The zero-order valence-electron chi connectivity index (χ0n) is 35.3. The zero-order valence-corrected chi connectivity index (χ0v) is 36.9. The van der Waals surface area contributed by atoms with Crippen LogP contribution in [0.15, 0.2) is 63.7 Å². The van der Waals surface area contributed by atoms with Gasteiger partial charge in [-0.25, -0.2) is 18.4 Å². The third-order valence-electron chi connectivity index (χ3n) is 9.69. The number of ether oxygens (including phenoxy) is 1. The largest absolute Gasteiger partial charge is 0.468 e. The van der Waals surface area contributed by atoms with Gasteiger partial charge in [0.2, 0.25) is 15.2 Å². The maximum Gasteiger partial charge on any atom is 0.323 e. The topological polar surface area (TPSA) is 189 Å². The first-order valence-corrected chi connectivity index (χ1v) is 21.2. The fourth-order valence-electron chi connectivity index (χ4n) is 6.98. The molecule has 6 rings (SSSR count). The van der Waals surface area contributed by atoms with Crippen LogP contribution in [-0.4, -0.2) is 47.3 Å². The highest BCUT2D eigenvalue weighted by Gasteiger charge is 2.30. The Morgan fingerprint density at radius 1 is 0.864 bits per heavy atom. The number of anilines is 4. The normalized spacial score (nSPS) is 12.5. The van der Waals surface area contributed by atoms with Gasteiger partial charge in [0, 0.05) is 16.8 Å². The number of nitriles is 1. The van der Waals surface area contributed by atoms with Crippen LogP contribution in [0.1, 0.15) is 77.9 Å². The molecule has 1 atom stereocenters. The average Bonchev–Trinajstić information content (AvgIpc) is 3.75. The number of methoxy groups -OCH3 is 1. The van der Waals surface area contributed by atoms with Crippen molar-refractivity contribution in [1.29, 1.82) is 5.26 Å². The highest BCUT2D eigenvalue weighted by Crippen LogP contribution is 2.40. The number of hydrogen-bond donors (Lipinski definition) is 3. The maximum atomic E-state index is 13.2. The first kappa shape index (κ1) is 42.6. The van der Waals surface area contributed by atoms with Gasteiger partial charge in [-0.1, -0.05) is 67.5 Å². The van der Waals surface area contributed by atoms with Gasteiger partial charge in [0.05, 0.1) is 27.9 Å². The first-order valence-electron chi connectivity index (χ1n) is 18.9. The van der Waals surface area contributed by atoms with Crippen LogP contribution in [0.4, 0.5) is 34.5 Å². The molecule has 0 aliphatic rings. The van der Waals surface area contributed by atoms with Crippen molar-refractivity contribution < 1.29 is 17.9 Å². The Balaban J connectivity index is 1.49. The van der Waals surface area contributed by atoms with Gasteiger partial charge in [0.25, 0.3) is 0 Å². The number of thiazole rings is 1. The molecule has 0 fully saturated rings. The number of azo groups is 1. The Labute approximate surface area is 348 Å². The van der Waals surface area contributed by atoms with Crippen molar-refractivity contribution >= 4 is 72.1 Å². The van der Waals surface area contributed by atoms with Gasteiger partial charge in [-0.2, -0.15) is 19.8 Å². The smallest absolute Gasteiger partial charge is 0.323 e. The van der Waals surface area contributed by atoms with Crippen LogP contribution in [0.2, 0.25) is 0 Å². The number of aryl methyl sites for hydroxylation is 7. The third kappa shape index (κ3) is 8.87. The standard InChI is InChI=1S/C43H48N10O4S2/c1-22-15-24(3)35(25(4)16-22)46-34-19-28(7)37(39(47-34)48-36-26(5)17-23(2)18-27(36)6)49-50-40-31(21-44)38(43(9,10)11)51-53(40)42-45-32-14-13-30(20-33(32)58-42)59(55,56)52-29(8)41(54)57-12/h13-20,29,52H,1-12H3,(H2,46,47,48). The summed E-state index contributed by atoms with van der Waals surface area (Å²) >= 11 is 1.17. The van der Waals surface area contributed by atoms with Crippen molar-refractivity contribution in [3.8, 4) is 11.2 Å². The number of esters is 1. The lowest BCUT2D eigenvalue weighted by Gasteiger charge is -2.18. The van der Waals surface area contributed by atoms with E-state index in [0.29, 0.717) is 38.4 Å². The summed E-state index contributed by atoms with van der Waals surface area (Å²) in [6.45, 7) is 21.5. The number of carbonyl (C=O) groups is 1. The fraction of sp³-hybridized carbons (Fsp3) is 0.326. The Hall–Kier alpha value is -6.02. The van der Waals surface area contributed by atoms with E-state index in [-0.39, 0.29) is 16.3 Å². The van der Waals surface area contributed by atoms with Crippen molar-refractivity contribution in [3.05, 3.63) is 98.7 Å². The summed E-state index contributed by atoms with van der Waals surface area (Å²) in [6.07, 6.45) is 0. The second-order valence-electron chi connectivity index (χ2n) is 15.8. The first-order chi connectivity index (χ1) is 27.7. The quantitative estimate of drug-likeness (QED) is 0.0837. The lowest BCUT2D eigenvalue weighted by molar-refractivity contribution is -0.142. The molecule has 3 aromatic heterocycles. The van der Waals surface area contributed by atoms with Crippen LogP contribution in [0.3, 0.4) is 0 Å². The van der Waals surface area contributed by atoms with Crippen LogP contribution in [0.5, 0.6) is 0 Å². The zero-order chi connectivity index (χ0) is 43.1. The van der Waals surface area contributed by atoms with E-state index in [2.05, 4.69) is 78.1 Å². The molecule has 14 nitrogen and oxygen atoms in total. The van der Waals surface area contributed by atoms with Gasteiger partial charge < -0.3 is 15.4 Å². The van der Waals surface area contributed by atoms with Crippen molar-refractivity contribution in [2.45, 2.75) is 92.5 Å². The van der Waals surface area contributed by atoms with Crippen molar-refractivity contribution in [2.24, 2.45) is 10.2 Å². The average molecular weight is 833 g/mol. The molecule has 0 saturated heterocycles. The number of pyridine rings is 1. The van der Waals surface area contributed by atoms with Gasteiger partial charge in [-0.15, -0.1) is 10.2 Å². The number of fused-ring (bicyclic) bond motifs is 1. The molecule has 3 N–H and O–H groups in total. The number of carbonyl (C=O) groups excluding carboxylic acids is 1. The second-order valence-corrected chi connectivity index (χ2v) is 18.6. The number of aromatic nitrogens is 4. The lowest BCUT2D eigenvalue weighted by Crippen LogP contribution is -2.39. The van der Waals surface area contributed by atoms with Gasteiger partial charge in [0.1, 0.15) is 29.2 Å². The summed E-state index contributed by atoms with van der Waals surface area (Å²) in [4.78, 5) is 21.7. The number of rotatable bonds is 11. The Morgan fingerprint density at radius 2 is 1.46 bits per heavy atom. The van der Waals surface area contributed by atoms with E-state index >= 15 is 0 Å². The number of nitrogens with one attached hydrogen (secondary N) is 3. The van der Waals surface area contributed by atoms with Gasteiger partial charge in [-0.05, 0) is 107 Å². The van der Waals surface area contributed by atoms with Crippen LogP contribution in [0.25, 0.3) is 15.3 Å². The summed E-state index contributed by atoms with van der Waals surface area (Å²) in [5.41, 5.74) is 10.3. The SMILES string of the molecule is COC(=O)C(C)NS(=O)(=O)c1ccc2nc(-n3nc(C(C)(C)C)c(C#N)c3N=Nc3c(C)cc(Nc4c(C)cc(C)cc4C)nc3Nc3c(C)cc(C)cc3C)sc2c1. The van der Waals surface area contributed by atoms with Crippen LogP contribution < -0.4 is 15.4 Å². The molecule has 59 heavy (non-hydrogen) atoms. The lowest BCUT2D eigenvalue weighted by atomic mass is 9.90. The minimum Gasteiger partial charge on any atom is -0.468 e. The molecule has 3 heterocycles. The fourth-order valence-corrected chi connectivity index (χ4v) is 9.23. The molecule has 6 aromatic rings. The van der Waals surface area contributed by atoms with E-state index in [1.807, 2.05) is 47.6 Å². The molecule has 0 aliphatic carbocycles. The Bertz CT molecular complexity index is 2780. The molecule has 0 amide bonds. The molecule has 0 bridgehead atoms. The van der Waals surface area contributed by atoms with E-state index in [1.54, 1.807) is 6.07 Å². The number of sulfonamides is 1. The summed E-state index contributed by atoms with van der Waals surface area (Å²) in [5.74, 6) is 0.509. The predicted molar refractivity (Wildman–Crippen MR) is 233 cm³/mol. The highest BCUT2D eigenvalue weighted by atomic mass is 32.2. The summed E-state index contributed by atoms with van der Waals surface area (Å²) in [7, 11) is -2.90. The van der Waals surface area contributed by atoms with E-state index in [4.69, 9.17) is 25.3 Å². The summed E-state index contributed by atoms with van der Waals surface area (Å²) in [5, 5.41) is 32.4. The van der Waals surface area contributed by atoms with E-state index < -0.39 is 27.4 Å². The Morgan fingerprint density at radius 3 is 2.02 bits per heavy atom. The van der Waals surface area contributed by atoms with Gasteiger partial charge >= 0.3 is 5.97 Å². The van der Waals surface area contributed by atoms with Crippen molar-refractivity contribution in [2.75, 3.05) is 17.7 Å². The molecule has 3 aromatic carbocycles. The molecule has 0 radical (unpaired) electrons. The number of benzene rings is 3.